The van der Waals surface area contributed by atoms with Crippen molar-refractivity contribution in [1.82, 2.24) is 9.97 Å². The lowest BCUT2D eigenvalue weighted by Gasteiger charge is -2.20. The molecular weight excluding hydrogens is 212 g/mol. The van der Waals surface area contributed by atoms with Gasteiger partial charge in [0.1, 0.15) is 11.4 Å². The van der Waals surface area contributed by atoms with Gasteiger partial charge in [0.15, 0.2) is 0 Å². The highest BCUT2D eigenvalue weighted by Gasteiger charge is 2.19. The SMILES string of the molecule is O=C(O)c1cnc(C2CCCOC2)[nH]c1=O. The van der Waals surface area contributed by atoms with E-state index < -0.39 is 11.5 Å². The van der Waals surface area contributed by atoms with Gasteiger partial charge in [-0.25, -0.2) is 9.78 Å². The highest BCUT2D eigenvalue weighted by atomic mass is 16.5. The second kappa shape index (κ2) is 4.44. The summed E-state index contributed by atoms with van der Waals surface area (Å²) < 4.78 is 5.28. The van der Waals surface area contributed by atoms with Crippen LogP contribution < -0.4 is 5.56 Å². The summed E-state index contributed by atoms with van der Waals surface area (Å²) in [4.78, 5) is 28.5. The fourth-order valence-corrected chi connectivity index (χ4v) is 1.72. The molecule has 0 spiro atoms. The van der Waals surface area contributed by atoms with Crippen LogP contribution in [-0.4, -0.2) is 34.3 Å². The molecule has 0 aromatic carbocycles. The summed E-state index contributed by atoms with van der Waals surface area (Å²) in [5.74, 6) is -0.695. The normalized spacial score (nSPS) is 20.6. The predicted octanol–water partition coefficient (Wildman–Crippen LogP) is 0.362. The number of aromatic carboxylic acids is 1. The molecule has 2 rings (SSSR count). The zero-order chi connectivity index (χ0) is 11.5. The first-order valence-electron chi connectivity index (χ1n) is 5.08. The third-order valence-electron chi connectivity index (χ3n) is 2.60. The number of rotatable bonds is 2. The Kier molecular flexibility index (Phi) is 3.00. The lowest BCUT2D eigenvalue weighted by Crippen LogP contribution is -2.24. The number of carboxylic acids is 1. The van der Waals surface area contributed by atoms with Crippen molar-refractivity contribution in [3.8, 4) is 0 Å². The third kappa shape index (κ3) is 2.11. The molecule has 1 atom stereocenters. The van der Waals surface area contributed by atoms with E-state index in [2.05, 4.69) is 9.97 Å². The van der Waals surface area contributed by atoms with Crippen LogP contribution in [0.1, 0.15) is 34.9 Å². The third-order valence-corrected chi connectivity index (χ3v) is 2.60. The smallest absolute Gasteiger partial charge is 0.342 e. The van der Waals surface area contributed by atoms with Crippen molar-refractivity contribution in [3.05, 3.63) is 27.9 Å². The van der Waals surface area contributed by atoms with E-state index in [1.807, 2.05) is 0 Å². The number of nitrogens with zero attached hydrogens (tertiary/aromatic N) is 1. The summed E-state index contributed by atoms with van der Waals surface area (Å²) in [6, 6.07) is 0. The molecular formula is C10H12N2O4. The van der Waals surface area contributed by atoms with Gasteiger partial charge in [0.25, 0.3) is 5.56 Å². The summed E-state index contributed by atoms with van der Waals surface area (Å²) in [5.41, 5.74) is -0.941. The molecule has 16 heavy (non-hydrogen) atoms. The monoisotopic (exact) mass is 224 g/mol. The van der Waals surface area contributed by atoms with E-state index >= 15 is 0 Å². The van der Waals surface area contributed by atoms with Crippen LogP contribution in [-0.2, 0) is 4.74 Å². The van der Waals surface area contributed by atoms with Gasteiger partial charge in [0, 0.05) is 18.7 Å². The van der Waals surface area contributed by atoms with Crippen molar-refractivity contribution in [2.24, 2.45) is 0 Å². The molecule has 6 nitrogen and oxygen atoms in total. The number of H-pyrrole nitrogens is 1. The van der Waals surface area contributed by atoms with Crippen LogP contribution in [0.25, 0.3) is 0 Å². The van der Waals surface area contributed by atoms with E-state index in [1.165, 1.54) is 0 Å². The van der Waals surface area contributed by atoms with Gasteiger partial charge in [-0.1, -0.05) is 0 Å². The van der Waals surface area contributed by atoms with Crippen LogP contribution in [0.4, 0.5) is 0 Å². The number of aromatic amines is 1. The minimum Gasteiger partial charge on any atom is -0.477 e. The van der Waals surface area contributed by atoms with Crippen LogP contribution in [0.3, 0.4) is 0 Å². The van der Waals surface area contributed by atoms with Crippen molar-refractivity contribution in [3.63, 3.8) is 0 Å². The van der Waals surface area contributed by atoms with Crippen molar-refractivity contribution in [2.75, 3.05) is 13.2 Å². The Hall–Kier alpha value is -1.69. The molecule has 0 radical (unpaired) electrons. The maximum absolute atomic E-state index is 11.4. The number of nitrogens with one attached hydrogen (secondary N) is 1. The van der Waals surface area contributed by atoms with Crippen LogP contribution in [0.5, 0.6) is 0 Å². The number of ether oxygens (including phenoxy) is 1. The van der Waals surface area contributed by atoms with Gasteiger partial charge in [-0.2, -0.15) is 0 Å². The molecule has 2 N–H and O–H groups in total. The second-order valence-electron chi connectivity index (χ2n) is 3.73. The standard InChI is InChI=1S/C10H12N2O4/c13-9-7(10(14)15)4-11-8(12-9)6-2-1-3-16-5-6/h4,6H,1-3,5H2,(H,14,15)(H,11,12,13). The van der Waals surface area contributed by atoms with Gasteiger partial charge >= 0.3 is 5.97 Å². The fourth-order valence-electron chi connectivity index (χ4n) is 1.72. The van der Waals surface area contributed by atoms with Crippen molar-refractivity contribution in [1.29, 1.82) is 0 Å². The Bertz CT molecular complexity index is 448. The molecule has 1 saturated heterocycles. The Balaban J connectivity index is 2.26. The molecule has 0 amide bonds. The molecule has 2 heterocycles. The van der Waals surface area contributed by atoms with Gasteiger partial charge in [-0.15, -0.1) is 0 Å². The topological polar surface area (TPSA) is 92.3 Å². The van der Waals surface area contributed by atoms with Crippen molar-refractivity contribution < 1.29 is 14.6 Å². The van der Waals surface area contributed by atoms with Gasteiger partial charge in [0.2, 0.25) is 0 Å². The summed E-state index contributed by atoms with van der Waals surface area (Å²) in [7, 11) is 0. The van der Waals surface area contributed by atoms with Crippen LogP contribution in [0, 0.1) is 0 Å². The zero-order valence-electron chi connectivity index (χ0n) is 8.60. The minimum atomic E-state index is -1.26. The molecule has 86 valence electrons. The highest BCUT2D eigenvalue weighted by Crippen LogP contribution is 2.21. The van der Waals surface area contributed by atoms with Gasteiger partial charge in [0.05, 0.1) is 6.61 Å². The Morgan fingerprint density at radius 3 is 3.00 bits per heavy atom. The summed E-state index contributed by atoms with van der Waals surface area (Å²) in [5, 5.41) is 8.68. The van der Waals surface area contributed by atoms with Crippen LogP contribution >= 0.6 is 0 Å². The first kappa shape index (κ1) is 10.8. The van der Waals surface area contributed by atoms with Crippen molar-refractivity contribution >= 4 is 5.97 Å². The lowest BCUT2D eigenvalue weighted by molar-refractivity contribution is 0.0693. The van der Waals surface area contributed by atoms with E-state index in [0.717, 1.165) is 25.6 Å². The summed E-state index contributed by atoms with van der Waals surface area (Å²) in [6.45, 7) is 1.25. The number of carboxylic acid groups (broad SMARTS) is 1. The van der Waals surface area contributed by atoms with Gasteiger partial charge in [-0.3, -0.25) is 4.79 Å². The lowest BCUT2D eigenvalue weighted by atomic mass is 10.0. The second-order valence-corrected chi connectivity index (χ2v) is 3.73. The molecule has 0 saturated carbocycles. The Morgan fingerprint density at radius 1 is 1.62 bits per heavy atom. The molecule has 1 aromatic rings. The average Bonchev–Trinajstić information content (AvgIpc) is 2.29. The Labute approximate surface area is 91.3 Å². The van der Waals surface area contributed by atoms with E-state index in [9.17, 15) is 9.59 Å². The molecule has 1 fully saturated rings. The number of hydrogen-bond acceptors (Lipinski definition) is 4. The predicted molar refractivity (Wildman–Crippen MR) is 54.6 cm³/mol. The quantitative estimate of drug-likeness (QED) is 0.756. The van der Waals surface area contributed by atoms with Gasteiger partial charge < -0.3 is 14.8 Å². The Morgan fingerprint density at radius 2 is 2.44 bits per heavy atom. The highest BCUT2D eigenvalue weighted by molar-refractivity contribution is 5.86. The number of aromatic nitrogens is 2. The number of hydrogen-bond donors (Lipinski definition) is 2. The molecule has 6 heteroatoms. The van der Waals surface area contributed by atoms with Gasteiger partial charge in [-0.05, 0) is 12.8 Å². The molecule has 0 bridgehead atoms. The van der Waals surface area contributed by atoms with E-state index in [4.69, 9.17) is 9.84 Å². The van der Waals surface area contributed by atoms with E-state index in [1.54, 1.807) is 0 Å². The molecule has 1 unspecified atom stereocenters. The molecule has 1 aliphatic rings. The summed E-state index contributed by atoms with van der Waals surface area (Å²) >= 11 is 0. The fraction of sp³-hybridized carbons (Fsp3) is 0.500. The molecule has 0 aliphatic carbocycles. The maximum atomic E-state index is 11.4. The number of carbonyl (C=O) groups is 1. The van der Waals surface area contributed by atoms with Crippen molar-refractivity contribution in [2.45, 2.75) is 18.8 Å². The first-order valence-corrected chi connectivity index (χ1v) is 5.08. The molecule has 1 aromatic heterocycles. The first-order chi connectivity index (χ1) is 7.68. The van der Waals surface area contributed by atoms with Crippen LogP contribution in [0.2, 0.25) is 0 Å². The van der Waals surface area contributed by atoms with Crippen LogP contribution in [0.15, 0.2) is 11.0 Å². The largest absolute Gasteiger partial charge is 0.477 e. The minimum absolute atomic E-state index is 0.0595. The average molecular weight is 224 g/mol. The maximum Gasteiger partial charge on any atom is 0.342 e. The van der Waals surface area contributed by atoms with E-state index in [-0.39, 0.29) is 11.5 Å². The summed E-state index contributed by atoms with van der Waals surface area (Å²) in [6.07, 6.45) is 2.93. The zero-order valence-corrected chi connectivity index (χ0v) is 8.60. The van der Waals surface area contributed by atoms with E-state index in [0.29, 0.717) is 12.4 Å². The molecule has 1 aliphatic heterocycles.